The molecule has 0 spiro atoms. The Morgan fingerprint density at radius 3 is 1.82 bits per heavy atom. The number of nitrogens with zero attached hydrogens (tertiary/aromatic N) is 2. The molecule has 10 heteroatoms. The zero-order valence-corrected chi connectivity index (χ0v) is 18.0. The van der Waals surface area contributed by atoms with Crippen LogP contribution in [0.1, 0.15) is 20.8 Å². The van der Waals surface area contributed by atoms with Gasteiger partial charge in [0, 0.05) is 38.3 Å². The molecule has 0 radical (unpaired) electrons. The maximum Gasteiger partial charge on any atom is 0.410 e. The Morgan fingerprint density at radius 2 is 1.43 bits per heavy atom. The topological polar surface area (TPSA) is 94.6 Å². The van der Waals surface area contributed by atoms with Crippen molar-refractivity contribution in [1.82, 2.24) is 9.21 Å². The lowest BCUT2D eigenvalue weighted by molar-refractivity contribution is 0.0192. The van der Waals surface area contributed by atoms with E-state index in [0.29, 0.717) is 5.75 Å². The van der Waals surface area contributed by atoms with E-state index in [2.05, 4.69) is 0 Å². The van der Waals surface area contributed by atoms with Crippen molar-refractivity contribution in [2.45, 2.75) is 31.3 Å². The number of benzene rings is 1. The van der Waals surface area contributed by atoms with E-state index in [0.717, 1.165) is 0 Å². The van der Waals surface area contributed by atoms with E-state index in [-0.39, 0.29) is 42.6 Å². The zero-order chi connectivity index (χ0) is 21.1. The SMILES string of the molecule is COc1cc(S(=O)(=O)N2CCN(C(=O)OC(C)(C)C)CC2)cc(OC)c1OC. The van der Waals surface area contributed by atoms with Crippen LogP contribution in [0.2, 0.25) is 0 Å². The predicted molar refractivity (Wildman–Crippen MR) is 103 cm³/mol. The Labute approximate surface area is 166 Å². The molecule has 0 aromatic heterocycles. The van der Waals surface area contributed by atoms with E-state index in [1.807, 2.05) is 0 Å². The van der Waals surface area contributed by atoms with Crippen LogP contribution in [-0.4, -0.2) is 76.8 Å². The van der Waals surface area contributed by atoms with Gasteiger partial charge in [0.2, 0.25) is 15.8 Å². The molecule has 0 unspecified atom stereocenters. The fraction of sp³-hybridized carbons (Fsp3) is 0.611. The molecule has 0 aliphatic carbocycles. The summed E-state index contributed by atoms with van der Waals surface area (Å²) in [7, 11) is 0.499. The monoisotopic (exact) mass is 416 g/mol. The van der Waals surface area contributed by atoms with Gasteiger partial charge < -0.3 is 23.8 Å². The van der Waals surface area contributed by atoms with Crippen molar-refractivity contribution in [1.29, 1.82) is 0 Å². The fourth-order valence-corrected chi connectivity index (χ4v) is 4.25. The average Bonchev–Trinajstić information content (AvgIpc) is 2.65. The molecule has 1 aromatic carbocycles. The van der Waals surface area contributed by atoms with E-state index in [9.17, 15) is 13.2 Å². The molecule has 1 heterocycles. The van der Waals surface area contributed by atoms with E-state index < -0.39 is 21.7 Å². The molecule has 2 rings (SSSR count). The molecule has 1 aromatic rings. The quantitative estimate of drug-likeness (QED) is 0.724. The molecule has 1 aliphatic heterocycles. The highest BCUT2D eigenvalue weighted by Crippen LogP contribution is 2.40. The molecule has 0 saturated carbocycles. The van der Waals surface area contributed by atoms with Crippen LogP contribution in [-0.2, 0) is 14.8 Å². The molecular weight excluding hydrogens is 388 g/mol. The normalized spacial score (nSPS) is 15.9. The summed E-state index contributed by atoms with van der Waals surface area (Å²) in [6.45, 7) is 6.19. The minimum atomic E-state index is -3.80. The Hall–Kier alpha value is -2.20. The van der Waals surface area contributed by atoms with Crippen molar-refractivity contribution in [3.8, 4) is 17.2 Å². The summed E-state index contributed by atoms with van der Waals surface area (Å²) in [5.74, 6) is 0.833. The number of carbonyl (C=O) groups is 1. The van der Waals surface area contributed by atoms with Crippen molar-refractivity contribution >= 4 is 16.1 Å². The Balaban J connectivity index is 2.20. The van der Waals surface area contributed by atoms with Gasteiger partial charge in [-0.1, -0.05) is 0 Å². The highest BCUT2D eigenvalue weighted by molar-refractivity contribution is 7.89. The molecule has 9 nitrogen and oxygen atoms in total. The van der Waals surface area contributed by atoms with Crippen LogP contribution in [0, 0.1) is 0 Å². The molecule has 1 aliphatic rings. The second-order valence-electron chi connectivity index (χ2n) is 7.23. The van der Waals surface area contributed by atoms with Gasteiger partial charge in [-0.3, -0.25) is 0 Å². The van der Waals surface area contributed by atoms with Crippen molar-refractivity contribution < 1.29 is 32.2 Å². The van der Waals surface area contributed by atoms with E-state index in [1.165, 1.54) is 42.7 Å². The Kier molecular flexibility index (Phi) is 6.66. The fourth-order valence-electron chi connectivity index (χ4n) is 2.79. The van der Waals surface area contributed by atoms with Gasteiger partial charge in [0.15, 0.2) is 11.5 Å². The van der Waals surface area contributed by atoms with Crippen LogP contribution in [0.15, 0.2) is 17.0 Å². The number of hydrogen-bond donors (Lipinski definition) is 0. The predicted octanol–water partition coefficient (Wildman–Crippen LogP) is 1.95. The van der Waals surface area contributed by atoms with E-state index in [1.54, 1.807) is 20.8 Å². The van der Waals surface area contributed by atoms with Gasteiger partial charge in [-0.25, -0.2) is 13.2 Å². The largest absolute Gasteiger partial charge is 0.493 e. The summed E-state index contributed by atoms with van der Waals surface area (Å²) in [5, 5.41) is 0. The van der Waals surface area contributed by atoms with Crippen molar-refractivity contribution in [3.05, 3.63) is 12.1 Å². The number of piperazine rings is 1. The van der Waals surface area contributed by atoms with Gasteiger partial charge in [-0.2, -0.15) is 4.31 Å². The lowest BCUT2D eigenvalue weighted by Gasteiger charge is -2.35. The molecule has 0 bridgehead atoms. The van der Waals surface area contributed by atoms with Gasteiger partial charge in [-0.05, 0) is 20.8 Å². The van der Waals surface area contributed by atoms with Crippen molar-refractivity contribution in [3.63, 3.8) is 0 Å². The van der Waals surface area contributed by atoms with Crippen molar-refractivity contribution in [2.75, 3.05) is 47.5 Å². The maximum absolute atomic E-state index is 13.1. The van der Waals surface area contributed by atoms with Gasteiger partial charge in [0.05, 0.1) is 26.2 Å². The highest BCUT2D eigenvalue weighted by Gasteiger charge is 2.33. The number of hydrogen-bond acceptors (Lipinski definition) is 7. The third-order valence-electron chi connectivity index (χ3n) is 4.17. The van der Waals surface area contributed by atoms with Gasteiger partial charge in [-0.15, -0.1) is 0 Å². The molecular formula is C18H28N2O7S. The number of methoxy groups -OCH3 is 3. The molecule has 0 atom stereocenters. The molecule has 1 saturated heterocycles. The minimum Gasteiger partial charge on any atom is -0.493 e. The third kappa shape index (κ3) is 4.79. The summed E-state index contributed by atoms with van der Waals surface area (Å²) >= 11 is 0. The third-order valence-corrected chi connectivity index (χ3v) is 6.04. The molecule has 158 valence electrons. The first-order chi connectivity index (χ1) is 13.0. The first kappa shape index (κ1) is 22.1. The number of carbonyl (C=O) groups excluding carboxylic acids is 1. The van der Waals surface area contributed by atoms with Crippen LogP contribution in [0.5, 0.6) is 17.2 Å². The number of sulfonamides is 1. The minimum absolute atomic E-state index is 0.0349. The van der Waals surface area contributed by atoms with Crippen molar-refractivity contribution in [2.24, 2.45) is 0 Å². The summed E-state index contributed by atoms with van der Waals surface area (Å²) in [6, 6.07) is 2.80. The van der Waals surface area contributed by atoms with Gasteiger partial charge in [0.1, 0.15) is 5.60 Å². The lowest BCUT2D eigenvalue weighted by Crippen LogP contribution is -2.51. The number of rotatable bonds is 5. The molecule has 1 amide bonds. The molecule has 0 N–H and O–H groups in total. The van der Waals surface area contributed by atoms with Crippen LogP contribution in [0.25, 0.3) is 0 Å². The standard InChI is InChI=1S/C18H28N2O7S/c1-18(2,3)27-17(21)19-7-9-20(10-8-19)28(22,23)13-11-14(24-4)16(26-6)15(12-13)25-5/h11-12H,7-10H2,1-6H3. The summed E-state index contributed by atoms with van der Waals surface area (Å²) < 4.78 is 48.5. The molecule has 1 fully saturated rings. The summed E-state index contributed by atoms with van der Waals surface area (Å²) in [5.41, 5.74) is -0.601. The van der Waals surface area contributed by atoms with Crippen LogP contribution in [0.3, 0.4) is 0 Å². The summed E-state index contributed by atoms with van der Waals surface area (Å²) in [4.78, 5) is 13.7. The average molecular weight is 416 g/mol. The van der Waals surface area contributed by atoms with Crippen LogP contribution >= 0.6 is 0 Å². The smallest absolute Gasteiger partial charge is 0.410 e. The zero-order valence-electron chi connectivity index (χ0n) is 17.1. The summed E-state index contributed by atoms with van der Waals surface area (Å²) in [6.07, 6.45) is -0.447. The highest BCUT2D eigenvalue weighted by atomic mass is 32.2. The Morgan fingerprint density at radius 1 is 0.929 bits per heavy atom. The maximum atomic E-state index is 13.1. The number of amides is 1. The number of ether oxygens (including phenoxy) is 4. The first-order valence-electron chi connectivity index (χ1n) is 8.81. The molecule has 28 heavy (non-hydrogen) atoms. The Bertz CT molecular complexity index is 785. The van der Waals surface area contributed by atoms with Crippen LogP contribution in [0.4, 0.5) is 4.79 Å². The second kappa shape index (κ2) is 8.44. The van der Waals surface area contributed by atoms with Gasteiger partial charge >= 0.3 is 6.09 Å². The van der Waals surface area contributed by atoms with E-state index in [4.69, 9.17) is 18.9 Å². The second-order valence-corrected chi connectivity index (χ2v) is 9.17. The lowest BCUT2D eigenvalue weighted by atomic mass is 10.2. The first-order valence-corrected chi connectivity index (χ1v) is 10.3. The van der Waals surface area contributed by atoms with E-state index >= 15 is 0 Å². The van der Waals surface area contributed by atoms with Crippen LogP contribution < -0.4 is 14.2 Å². The van der Waals surface area contributed by atoms with Gasteiger partial charge in [0.25, 0.3) is 0 Å².